The molecule has 1 heterocycles. The minimum Gasteiger partial charge on any atom is -0.385 e. The van der Waals surface area contributed by atoms with Crippen molar-refractivity contribution in [3.63, 3.8) is 0 Å². The van der Waals surface area contributed by atoms with Gasteiger partial charge in [-0.15, -0.1) is 0 Å². The molecule has 0 saturated heterocycles. The molecular formula is C14H17ClN2O. The van der Waals surface area contributed by atoms with Crippen LogP contribution >= 0.6 is 11.6 Å². The van der Waals surface area contributed by atoms with Gasteiger partial charge in [0.1, 0.15) is 5.82 Å². The lowest BCUT2D eigenvalue weighted by Crippen LogP contribution is -2.05. The van der Waals surface area contributed by atoms with E-state index in [1.165, 1.54) is 18.7 Å². The fourth-order valence-electron chi connectivity index (χ4n) is 2.41. The minimum absolute atomic E-state index is 0.635. The first-order valence-electron chi connectivity index (χ1n) is 6.45. The Morgan fingerprint density at radius 3 is 3.00 bits per heavy atom. The van der Waals surface area contributed by atoms with Gasteiger partial charge in [0, 0.05) is 26.2 Å². The first kappa shape index (κ1) is 12.0. The van der Waals surface area contributed by atoms with Crippen LogP contribution in [0.5, 0.6) is 0 Å². The van der Waals surface area contributed by atoms with E-state index < -0.39 is 0 Å². The van der Waals surface area contributed by atoms with Crippen LogP contribution in [0.1, 0.15) is 31.0 Å². The molecule has 1 aliphatic rings. The van der Waals surface area contributed by atoms with Crippen molar-refractivity contribution in [3.05, 3.63) is 29.0 Å². The zero-order chi connectivity index (χ0) is 12.5. The molecule has 0 N–H and O–H groups in total. The van der Waals surface area contributed by atoms with Crippen molar-refractivity contribution in [2.75, 3.05) is 13.7 Å². The molecule has 0 bridgehead atoms. The summed E-state index contributed by atoms with van der Waals surface area (Å²) in [5, 5.41) is 0.796. The van der Waals surface area contributed by atoms with E-state index in [2.05, 4.69) is 4.57 Å². The van der Waals surface area contributed by atoms with E-state index in [9.17, 15) is 0 Å². The molecule has 0 aliphatic heterocycles. The lowest BCUT2D eigenvalue weighted by Gasteiger charge is -2.09. The number of rotatable bonds is 5. The Morgan fingerprint density at radius 2 is 2.28 bits per heavy atom. The number of benzene rings is 1. The summed E-state index contributed by atoms with van der Waals surface area (Å²) in [5.74, 6) is 1.84. The number of imidazole rings is 1. The molecule has 96 valence electrons. The monoisotopic (exact) mass is 264 g/mol. The second-order valence-electron chi connectivity index (χ2n) is 4.85. The summed E-state index contributed by atoms with van der Waals surface area (Å²) < 4.78 is 7.42. The maximum absolute atomic E-state index is 6.32. The van der Waals surface area contributed by atoms with E-state index in [-0.39, 0.29) is 0 Å². The highest BCUT2D eigenvalue weighted by Gasteiger charge is 2.29. The Morgan fingerprint density at radius 1 is 1.44 bits per heavy atom. The second kappa shape index (κ2) is 4.90. The lowest BCUT2D eigenvalue weighted by molar-refractivity contribution is 0.190. The standard InChI is InChI=1S/C14H17ClN2O/c1-18-9-3-8-17-13-11(15)4-2-5-12(13)16-14(17)10-6-7-10/h2,4-5,10H,3,6-9H2,1H3. The van der Waals surface area contributed by atoms with Crippen molar-refractivity contribution < 1.29 is 4.74 Å². The Labute approximate surface area is 112 Å². The lowest BCUT2D eigenvalue weighted by atomic mass is 10.3. The third-order valence-electron chi connectivity index (χ3n) is 3.42. The van der Waals surface area contributed by atoms with Crippen LogP contribution in [0.3, 0.4) is 0 Å². The predicted molar refractivity (Wildman–Crippen MR) is 73.2 cm³/mol. The highest BCUT2D eigenvalue weighted by atomic mass is 35.5. The molecule has 0 unspecified atom stereocenters. The molecule has 0 amide bonds. The summed E-state index contributed by atoms with van der Waals surface area (Å²) >= 11 is 6.32. The summed E-state index contributed by atoms with van der Waals surface area (Å²) in [6.07, 6.45) is 3.50. The molecule has 0 atom stereocenters. The van der Waals surface area contributed by atoms with Crippen molar-refractivity contribution in [3.8, 4) is 0 Å². The number of ether oxygens (including phenoxy) is 1. The molecule has 0 radical (unpaired) electrons. The molecule has 1 fully saturated rings. The summed E-state index contributed by atoms with van der Waals surface area (Å²) in [5.41, 5.74) is 2.10. The van der Waals surface area contributed by atoms with Gasteiger partial charge in [-0.05, 0) is 31.4 Å². The van der Waals surface area contributed by atoms with Gasteiger partial charge in [-0.3, -0.25) is 0 Å². The SMILES string of the molecule is COCCCn1c(C2CC2)nc2cccc(Cl)c21. The molecule has 1 aliphatic carbocycles. The maximum Gasteiger partial charge on any atom is 0.113 e. The smallest absolute Gasteiger partial charge is 0.113 e. The van der Waals surface area contributed by atoms with E-state index in [4.69, 9.17) is 21.3 Å². The second-order valence-corrected chi connectivity index (χ2v) is 5.26. The van der Waals surface area contributed by atoms with E-state index in [0.29, 0.717) is 5.92 Å². The number of halogens is 1. The minimum atomic E-state index is 0.635. The van der Waals surface area contributed by atoms with Crippen LogP contribution in [0.25, 0.3) is 11.0 Å². The number of para-hydroxylation sites is 1. The number of methoxy groups -OCH3 is 1. The third kappa shape index (κ3) is 2.13. The van der Waals surface area contributed by atoms with Crippen LogP contribution < -0.4 is 0 Å². The number of aromatic nitrogens is 2. The van der Waals surface area contributed by atoms with Crippen molar-refractivity contribution in [1.29, 1.82) is 0 Å². The van der Waals surface area contributed by atoms with Gasteiger partial charge in [0.15, 0.2) is 0 Å². The first-order chi connectivity index (χ1) is 8.81. The van der Waals surface area contributed by atoms with Gasteiger partial charge in [0.05, 0.1) is 16.1 Å². The Hall–Kier alpha value is -1.06. The van der Waals surface area contributed by atoms with Gasteiger partial charge in [0.25, 0.3) is 0 Å². The molecule has 3 nitrogen and oxygen atoms in total. The average Bonchev–Trinajstić information content (AvgIpc) is 3.13. The van der Waals surface area contributed by atoms with E-state index in [1.54, 1.807) is 7.11 Å². The van der Waals surface area contributed by atoms with Crippen LogP contribution in [-0.2, 0) is 11.3 Å². The highest BCUT2D eigenvalue weighted by molar-refractivity contribution is 6.35. The number of aryl methyl sites for hydroxylation is 1. The number of hydrogen-bond acceptors (Lipinski definition) is 2. The van der Waals surface area contributed by atoms with Crippen molar-refractivity contribution in [1.82, 2.24) is 9.55 Å². The Bertz CT molecular complexity index is 560. The van der Waals surface area contributed by atoms with Gasteiger partial charge >= 0.3 is 0 Å². The topological polar surface area (TPSA) is 27.1 Å². The maximum atomic E-state index is 6.32. The van der Waals surface area contributed by atoms with Gasteiger partial charge in [-0.1, -0.05) is 17.7 Å². The normalized spacial score (nSPS) is 15.4. The molecule has 1 aromatic heterocycles. The van der Waals surface area contributed by atoms with Crippen LogP contribution in [0, 0.1) is 0 Å². The molecule has 0 spiro atoms. The fraction of sp³-hybridized carbons (Fsp3) is 0.500. The predicted octanol–water partition coefficient (Wildman–Crippen LogP) is 3.60. The average molecular weight is 265 g/mol. The van der Waals surface area contributed by atoms with Gasteiger partial charge in [-0.25, -0.2) is 4.98 Å². The summed E-state index contributed by atoms with van der Waals surface area (Å²) in [4.78, 5) is 4.75. The zero-order valence-corrected chi connectivity index (χ0v) is 11.3. The molecular weight excluding hydrogens is 248 g/mol. The molecule has 1 aromatic carbocycles. The number of fused-ring (bicyclic) bond motifs is 1. The van der Waals surface area contributed by atoms with Crippen molar-refractivity contribution in [2.24, 2.45) is 0 Å². The van der Waals surface area contributed by atoms with E-state index >= 15 is 0 Å². The summed E-state index contributed by atoms with van der Waals surface area (Å²) in [6.45, 7) is 1.70. The molecule has 1 saturated carbocycles. The molecule has 2 aromatic rings. The van der Waals surface area contributed by atoms with Crippen LogP contribution in [0.4, 0.5) is 0 Å². The molecule has 18 heavy (non-hydrogen) atoms. The number of nitrogens with zero attached hydrogens (tertiary/aromatic N) is 2. The summed E-state index contributed by atoms with van der Waals surface area (Å²) in [6, 6.07) is 5.95. The Kier molecular flexibility index (Phi) is 3.27. The van der Waals surface area contributed by atoms with Crippen molar-refractivity contribution >= 4 is 22.6 Å². The van der Waals surface area contributed by atoms with Crippen LogP contribution in [0.15, 0.2) is 18.2 Å². The quantitative estimate of drug-likeness (QED) is 0.772. The highest BCUT2D eigenvalue weighted by Crippen LogP contribution is 2.41. The number of hydrogen-bond donors (Lipinski definition) is 0. The summed E-state index contributed by atoms with van der Waals surface area (Å²) in [7, 11) is 1.74. The van der Waals surface area contributed by atoms with Gasteiger partial charge < -0.3 is 9.30 Å². The van der Waals surface area contributed by atoms with Crippen LogP contribution in [-0.4, -0.2) is 23.3 Å². The van der Waals surface area contributed by atoms with Gasteiger partial charge in [0.2, 0.25) is 0 Å². The van der Waals surface area contributed by atoms with Crippen LogP contribution in [0.2, 0.25) is 5.02 Å². The van der Waals surface area contributed by atoms with E-state index in [0.717, 1.165) is 35.6 Å². The first-order valence-corrected chi connectivity index (χ1v) is 6.82. The molecule has 3 rings (SSSR count). The fourth-order valence-corrected chi connectivity index (χ4v) is 2.68. The largest absolute Gasteiger partial charge is 0.385 e. The van der Waals surface area contributed by atoms with E-state index in [1.807, 2.05) is 18.2 Å². The Balaban J connectivity index is 2.03. The third-order valence-corrected chi connectivity index (χ3v) is 3.72. The zero-order valence-electron chi connectivity index (χ0n) is 10.5. The van der Waals surface area contributed by atoms with Gasteiger partial charge in [-0.2, -0.15) is 0 Å². The molecule has 4 heteroatoms. The van der Waals surface area contributed by atoms with Crippen molar-refractivity contribution in [2.45, 2.75) is 31.7 Å².